The number of para-hydroxylation sites is 4. The number of nitrogens with one attached hydrogen (secondary N) is 1. The molecule has 1 N–H and O–H groups in total. The summed E-state index contributed by atoms with van der Waals surface area (Å²) in [6.45, 7) is 6.34. The van der Waals surface area contributed by atoms with E-state index < -0.39 is 0 Å². The van der Waals surface area contributed by atoms with Gasteiger partial charge in [0.2, 0.25) is 0 Å². The van der Waals surface area contributed by atoms with Crippen molar-refractivity contribution in [2.75, 3.05) is 15.1 Å². The Kier molecular flexibility index (Phi) is 6.81. The molecule has 0 bridgehead atoms. The third-order valence-corrected chi connectivity index (χ3v) is 11.8. The van der Waals surface area contributed by atoms with Crippen molar-refractivity contribution < 1.29 is 0 Å². The Bertz CT molecular complexity index is 2750. The van der Waals surface area contributed by atoms with Crippen LogP contribution >= 0.6 is 0 Å². The van der Waals surface area contributed by atoms with Gasteiger partial charge in [0.15, 0.2) is 0 Å². The molecule has 5 heteroatoms. The fourth-order valence-electron chi connectivity index (χ4n) is 9.68. The van der Waals surface area contributed by atoms with E-state index in [1.165, 1.54) is 89.2 Å². The van der Waals surface area contributed by atoms with Gasteiger partial charge in [-0.2, -0.15) is 0 Å². The van der Waals surface area contributed by atoms with Crippen LogP contribution in [-0.4, -0.2) is 13.4 Å². The van der Waals surface area contributed by atoms with Crippen LogP contribution in [0.1, 0.15) is 12.5 Å². The van der Waals surface area contributed by atoms with E-state index in [9.17, 15) is 0 Å². The zero-order valence-corrected chi connectivity index (χ0v) is 30.0. The molecule has 7 aromatic carbocycles. The predicted molar refractivity (Wildman–Crippen MR) is 233 cm³/mol. The fraction of sp³-hybridized carbons (Fsp3) is 0.0204. The summed E-state index contributed by atoms with van der Waals surface area (Å²) in [5, 5.41) is 3.97. The summed E-state index contributed by atoms with van der Waals surface area (Å²) in [4.78, 5) is 5.13. The zero-order valence-electron chi connectivity index (χ0n) is 30.0. The third-order valence-electron chi connectivity index (χ3n) is 11.8. The monoisotopic (exact) mass is 687 g/mol. The van der Waals surface area contributed by atoms with Crippen molar-refractivity contribution in [3.05, 3.63) is 188 Å². The molecule has 0 saturated carbocycles. The number of benzene rings is 7. The molecule has 0 aromatic heterocycles. The van der Waals surface area contributed by atoms with Crippen LogP contribution in [-0.2, 0) is 0 Å². The SMILES string of the molecule is C=C/C=C\C=C(/C)c1c(-c2ccccc2)cccc1N1c2ccccc2B2c3ccccc3N3c4ccccc4B4c5ccccc5Nc5cc1c2c3c54. The fourth-order valence-corrected chi connectivity index (χ4v) is 9.68. The molecule has 0 atom stereocenters. The summed E-state index contributed by atoms with van der Waals surface area (Å²) in [6, 6.07) is 56.1. The first-order valence-corrected chi connectivity index (χ1v) is 18.8. The molecule has 0 saturated heterocycles. The predicted octanol–water partition coefficient (Wildman–Crippen LogP) is 8.47. The van der Waals surface area contributed by atoms with E-state index in [4.69, 9.17) is 0 Å². The third kappa shape index (κ3) is 4.27. The van der Waals surface area contributed by atoms with Gasteiger partial charge in [-0.1, -0.05) is 146 Å². The smallest absolute Gasteiger partial charge is 0.252 e. The van der Waals surface area contributed by atoms with Crippen molar-refractivity contribution >= 4 is 97.3 Å². The van der Waals surface area contributed by atoms with Gasteiger partial charge in [0.05, 0.1) is 5.69 Å². The highest BCUT2D eigenvalue weighted by Gasteiger charge is 2.50. The van der Waals surface area contributed by atoms with E-state index in [0.717, 1.165) is 11.4 Å². The quantitative estimate of drug-likeness (QED) is 0.145. The molecule has 7 aromatic rings. The lowest BCUT2D eigenvalue weighted by atomic mass is 9.29. The molecule has 0 spiro atoms. The summed E-state index contributed by atoms with van der Waals surface area (Å²) in [7, 11) is 0. The number of hydrogen-bond donors (Lipinski definition) is 1. The summed E-state index contributed by atoms with van der Waals surface area (Å²) >= 11 is 0. The summed E-state index contributed by atoms with van der Waals surface area (Å²) in [5.74, 6) is 0. The minimum Gasteiger partial charge on any atom is -0.356 e. The van der Waals surface area contributed by atoms with Crippen molar-refractivity contribution in [1.29, 1.82) is 0 Å². The van der Waals surface area contributed by atoms with Gasteiger partial charge in [0.1, 0.15) is 0 Å². The molecule has 4 aliphatic rings. The topological polar surface area (TPSA) is 18.5 Å². The van der Waals surface area contributed by atoms with Gasteiger partial charge in [0.25, 0.3) is 13.4 Å². The number of hydrogen-bond acceptors (Lipinski definition) is 3. The maximum atomic E-state index is 3.97. The van der Waals surface area contributed by atoms with Crippen molar-refractivity contribution in [2.45, 2.75) is 6.92 Å². The molecule has 0 unspecified atom stereocenters. The lowest BCUT2D eigenvalue weighted by Gasteiger charge is -2.49. The van der Waals surface area contributed by atoms with Gasteiger partial charge < -0.3 is 15.1 Å². The highest BCUT2D eigenvalue weighted by molar-refractivity contribution is 7.04. The molecule has 0 amide bonds. The molecule has 0 aliphatic carbocycles. The van der Waals surface area contributed by atoms with Crippen LogP contribution in [0.25, 0.3) is 16.7 Å². The second-order valence-electron chi connectivity index (χ2n) is 14.6. The van der Waals surface area contributed by atoms with Gasteiger partial charge in [-0.15, -0.1) is 0 Å². The summed E-state index contributed by atoms with van der Waals surface area (Å²) in [6.07, 6.45) is 8.13. The van der Waals surface area contributed by atoms with Crippen LogP contribution in [0.4, 0.5) is 45.5 Å². The Labute approximate surface area is 317 Å². The summed E-state index contributed by atoms with van der Waals surface area (Å²) < 4.78 is 0. The minimum absolute atomic E-state index is 0.0659. The van der Waals surface area contributed by atoms with E-state index in [1.54, 1.807) is 0 Å². The van der Waals surface area contributed by atoms with Crippen LogP contribution in [0.15, 0.2) is 183 Å². The van der Waals surface area contributed by atoms with Crippen molar-refractivity contribution in [2.24, 2.45) is 0 Å². The van der Waals surface area contributed by atoms with Gasteiger partial charge in [-0.05, 0) is 92.8 Å². The van der Waals surface area contributed by atoms with Crippen molar-refractivity contribution in [3.8, 4) is 11.1 Å². The Morgan fingerprint density at radius 3 is 1.80 bits per heavy atom. The number of rotatable bonds is 5. The zero-order chi connectivity index (χ0) is 35.9. The van der Waals surface area contributed by atoms with Gasteiger partial charge in [-0.3, -0.25) is 0 Å². The van der Waals surface area contributed by atoms with Gasteiger partial charge >= 0.3 is 0 Å². The molecule has 4 aliphatic heterocycles. The van der Waals surface area contributed by atoms with E-state index in [-0.39, 0.29) is 13.4 Å². The average molecular weight is 687 g/mol. The van der Waals surface area contributed by atoms with Crippen LogP contribution in [0.5, 0.6) is 0 Å². The van der Waals surface area contributed by atoms with Crippen molar-refractivity contribution in [3.63, 3.8) is 0 Å². The summed E-state index contributed by atoms with van der Waals surface area (Å²) in [5.41, 5.74) is 22.5. The first-order chi connectivity index (χ1) is 26.7. The van der Waals surface area contributed by atoms with Crippen LogP contribution < -0.4 is 47.9 Å². The molecular weight excluding hydrogens is 652 g/mol. The molecule has 3 nitrogen and oxygen atoms in total. The Hall–Kier alpha value is -6.71. The van der Waals surface area contributed by atoms with Crippen LogP contribution in [0, 0.1) is 0 Å². The molecular formula is C49H35B2N3. The molecule has 252 valence electrons. The number of allylic oxidation sites excluding steroid dienone is 5. The largest absolute Gasteiger partial charge is 0.356 e. The number of anilines is 8. The second kappa shape index (κ2) is 11.9. The van der Waals surface area contributed by atoms with E-state index in [2.05, 4.69) is 192 Å². The van der Waals surface area contributed by atoms with Crippen LogP contribution in [0.2, 0.25) is 0 Å². The van der Waals surface area contributed by atoms with Gasteiger partial charge in [0, 0.05) is 45.4 Å². The van der Waals surface area contributed by atoms with E-state index in [0.29, 0.717) is 0 Å². The Morgan fingerprint density at radius 2 is 1.11 bits per heavy atom. The number of nitrogens with zero attached hydrogens (tertiary/aromatic N) is 2. The lowest BCUT2D eigenvalue weighted by molar-refractivity contribution is 1.25. The molecule has 0 fully saturated rings. The van der Waals surface area contributed by atoms with Crippen LogP contribution in [0.3, 0.4) is 0 Å². The Balaban J connectivity index is 1.27. The highest BCUT2D eigenvalue weighted by atomic mass is 15.2. The molecule has 4 heterocycles. The molecule has 0 radical (unpaired) electrons. The number of fused-ring (bicyclic) bond motifs is 10. The highest BCUT2D eigenvalue weighted by Crippen LogP contribution is 2.49. The maximum absolute atomic E-state index is 3.97. The average Bonchev–Trinajstić information content (AvgIpc) is 3.23. The van der Waals surface area contributed by atoms with Gasteiger partial charge in [-0.25, -0.2) is 0 Å². The Morgan fingerprint density at radius 1 is 0.537 bits per heavy atom. The first-order valence-electron chi connectivity index (χ1n) is 18.8. The normalized spacial score (nSPS) is 14.1. The standard InChI is InChI=1S/C49H35B2N3/c1-3-4-6-18-32(2)46-34(33-19-7-5-8-20-33)21-17-30-44(46)53-41-27-14-10-23-36(41)51-38-25-12-16-29-43(38)54-42-28-15-11-24-37(42)50-35-22-9-13-26-39(35)52-40-31-45(53)48(51)49(54)47(40)50/h3-31,52H,1H2,2H3/b6-4-,32-18+. The molecule has 54 heavy (non-hydrogen) atoms. The molecule has 11 rings (SSSR count). The lowest BCUT2D eigenvalue weighted by Crippen LogP contribution is -2.68. The van der Waals surface area contributed by atoms with Crippen molar-refractivity contribution in [1.82, 2.24) is 0 Å². The minimum atomic E-state index is 0.0659. The van der Waals surface area contributed by atoms with E-state index >= 15 is 0 Å². The maximum Gasteiger partial charge on any atom is 0.252 e. The first kappa shape index (κ1) is 30.9. The van der Waals surface area contributed by atoms with E-state index in [1.807, 2.05) is 12.2 Å². The second-order valence-corrected chi connectivity index (χ2v) is 14.6.